The van der Waals surface area contributed by atoms with Crippen LogP contribution in [0.25, 0.3) is 0 Å². The number of ether oxygens (including phenoxy) is 2. The van der Waals surface area contributed by atoms with Crippen LogP contribution in [0.4, 0.5) is 4.39 Å². The molecule has 3 aromatic rings. The summed E-state index contributed by atoms with van der Waals surface area (Å²) in [6, 6.07) is 17.1. The van der Waals surface area contributed by atoms with Crippen molar-refractivity contribution in [3.63, 3.8) is 0 Å². The van der Waals surface area contributed by atoms with E-state index in [9.17, 15) is 4.39 Å². The number of aromatic nitrogens is 1. The summed E-state index contributed by atoms with van der Waals surface area (Å²) >= 11 is 0. The molecule has 0 bridgehead atoms. The molecule has 1 aliphatic heterocycles. The maximum absolute atomic E-state index is 14.2. The number of benzene rings is 2. The van der Waals surface area contributed by atoms with Gasteiger partial charge in [-0.1, -0.05) is 37.3 Å². The maximum Gasteiger partial charge on any atom is 0.231 e. The Morgan fingerprint density at radius 2 is 1.86 bits per heavy atom. The zero-order valence-electron chi connectivity index (χ0n) is 16.6. The largest absolute Gasteiger partial charge is 0.454 e. The van der Waals surface area contributed by atoms with E-state index in [1.807, 2.05) is 30.5 Å². The van der Waals surface area contributed by atoms with E-state index in [4.69, 9.17) is 9.47 Å². The van der Waals surface area contributed by atoms with Gasteiger partial charge in [0.05, 0.1) is 0 Å². The van der Waals surface area contributed by atoms with Gasteiger partial charge in [0.15, 0.2) is 11.5 Å². The summed E-state index contributed by atoms with van der Waals surface area (Å²) in [5.74, 6) is 1.85. The number of rotatable bonds is 8. The van der Waals surface area contributed by atoms with Gasteiger partial charge in [0, 0.05) is 37.6 Å². The number of fused-ring (bicyclic) bond motifs is 1. The number of hydrogen-bond donors (Lipinski definition) is 0. The smallest absolute Gasteiger partial charge is 0.231 e. The molecule has 0 spiro atoms. The van der Waals surface area contributed by atoms with E-state index in [-0.39, 0.29) is 12.6 Å². The number of halogens is 1. The molecule has 4 rings (SSSR count). The Kier molecular flexibility index (Phi) is 6.06. The van der Waals surface area contributed by atoms with Gasteiger partial charge in [0.2, 0.25) is 6.79 Å². The average Bonchev–Trinajstić information content (AvgIpc) is 3.18. The van der Waals surface area contributed by atoms with Crippen LogP contribution < -0.4 is 9.47 Å². The van der Waals surface area contributed by atoms with Gasteiger partial charge in [-0.2, -0.15) is 0 Å². The molecule has 0 amide bonds. The van der Waals surface area contributed by atoms with Crippen molar-refractivity contribution in [3.8, 4) is 11.5 Å². The van der Waals surface area contributed by atoms with Crippen molar-refractivity contribution in [1.82, 2.24) is 9.88 Å². The van der Waals surface area contributed by atoms with E-state index in [1.165, 1.54) is 11.6 Å². The molecule has 1 aromatic heterocycles. The lowest BCUT2D eigenvalue weighted by atomic mass is 9.99. The minimum Gasteiger partial charge on any atom is -0.454 e. The van der Waals surface area contributed by atoms with Gasteiger partial charge in [0.1, 0.15) is 5.82 Å². The molecule has 1 atom stereocenters. The Hall–Kier alpha value is -2.92. The zero-order valence-corrected chi connectivity index (χ0v) is 16.6. The second-order valence-electron chi connectivity index (χ2n) is 7.62. The minimum atomic E-state index is -0.160. The van der Waals surface area contributed by atoms with Crippen LogP contribution in [-0.4, -0.2) is 23.2 Å². The highest BCUT2D eigenvalue weighted by molar-refractivity contribution is 5.44. The first-order valence-corrected chi connectivity index (χ1v) is 9.90. The molecule has 0 unspecified atom stereocenters. The summed E-state index contributed by atoms with van der Waals surface area (Å²) in [5, 5.41) is 0. The molecule has 1 aliphatic rings. The van der Waals surface area contributed by atoms with Crippen molar-refractivity contribution in [3.05, 3.63) is 89.5 Å². The highest BCUT2D eigenvalue weighted by atomic mass is 19.1. The second kappa shape index (κ2) is 9.05. The summed E-state index contributed by atoms with van der Waals surface area (Å²) in [4.78, 5) is 6.50. The molecule has 5 heteroatoms. The number of pyridine rings is 1. The Balaban J connectivity index is 1.45. The summed E-state index contributed by atoms with van der Waals surface area (Å²) in [6.45, 7) is 4.65. The van der Waals surface area contributed by atoms with Crippen LogP contribution in [0.1, 0.15) is 23.6 Å². The fourth-order valence-corrected chi connectivity index (χ4v) is 3.78. The maximum atomic E-state index is 14.2. The molecule has 4 nitrogen and oxygen atoms in total. The monoisotopic (exact) mass is 392 g/mol. The number of nitrogens with zero attached hydrogens (tertiary/aromatic N) is 2. The third-order valence-corrected chi connectivity index (χ3v) is 5.07. The molecule has 0 radical (unpaired) electrons. The second-order valence-corrected chi connectivity index (χ2v) is 7.62. The van der Waals surface area contributed by atoms with Gasteiger partial charge in [-0.3, -0.25) is 9.88 Å². The molecule has 29 heavy (non-hydrogen) atoms. The van der Waals surface area contributed by atoms with Crippen molar-refractivity contribution in [2.75, 3.05) is 13.3 Å². The van der Waals surface area contributed by atoms with Crippen molar-refractivity contribution in [2.24, 2.45) is 5.92 Å². The van der Waals surface area contributed by atoms with Crippen LogP contribution in [0, 0.1) is 11.7 Å². The van der Waals surface area contributed by atoms with E-state index >= 15 is 0 Å². The fraction of sp³-hybridized carbons (Fsp3) is 0.292. The van der Waals surface area contributed by atoms with Gasteiger partial charge >= 0.3 is 0 Å². The summed E-state index contributed by atoms with van der Waals surface area (Å²) < 4.78 is 25.1. The van der Waals surface area contributed by atoms with Crippen molar-refractivity contribution in [1.29, 1.82) is 0 Å². The first kappa shape index (κ1) is 19.4. The lowest BCUT2D eigenvalue weighted by Crippen LogP contribution is -2.29. The van der Waals surface area contributed by atoms with Crippen LogP contribution in [0.15, 0.2) is 67.0 Å². The van der Waals surface area contributed by atoms with Crippen LogP contribution in [0.3, 0.4) is 0 Å². The lowest BCUT2D eigenvalue weighted by Gasteiger charge is -2.26. The van der Waals surface area contributed by atoms with E-state index in [0.29, 0.717) is 18.0 Å². The van der Waals surface area contributed by atoms with E-state index in [1.54, 1.807) is 12.3 Å². The van der Waals surface area contributed by atoms with Crippen LogP contribution >= 0.6 is 0 Å². The SMILES string of the molecule is C[C@H](Cc1ccc2c(c1)OCO2)CN(Cc1cccnc1)Cc1ccccc1F. The zero-order chi connectivity index (χ0) is 20.1. The van der Waals surface area contributed by atoms with E-state index in [2.05, 4.69) is 35.0 Å². The van der Waals surface area contributed by atoms with Crippen LogP contribution in [-0.2, 0) is 19.5 Å². The topological polar surface area (TPSA) is 34.6 Å². The normalized spacial score (nSPS) is 13.6. The summed E-state index contributed by atoms with van der Waals surface area (Å²) in [6.07, 6.45) is 4.56. The molecular formula is C24H25FN2O2. The highest BCUT2D eigenvalue weighted by Crippen LogP contribution is 2.33. The average molecular weight is 392 g/mol. The molecular weight excluding hydrogens is 367 g/mol. The predicted octanol–water partition coefficient (Wildman–Crippen LogP) is 4.83. The van der Waals surface area contributed by atoms with E-state index < -0.39 is 0 Å². The Labute approximate surface area is 170 Å². The molecule has 2 heterocycles. The molecule has 0 aliphatic carbocycles. The number of hydrogen-bond acceptors (Lipinski definition) is 4. The molecule has 0 saturated carbocycles. The van der Waals surface area contributed by atoms with Crippen LogP contribution in [0.5, 0.6) is 11.5 Å². The van der Waals surface area contributed by atoms with Gasteiger partial charge < -0.3 is 9.47 Å². The third kappa shape index (κ3) is 5.12. The van der Waals surface area contributed by atoms with Gasteiger partial charge in [-0.05, 0) is 47.7 Å². The Morgan fingerprint density at radius 3 is 2.69 bits per heavy atom. The predicted molar refractivity (Wildman–Crippen MR) is 110 cm³/mol. The van der Waals surface area contributed by atoms with Crippen molar-refractivity contribution < 1.29 is 13.9 Å². The minimum absolute atomic E-state index is 0.160. The molecule has 150 valence electrons. The summed E-state index contributed by atoms with van der Waals surface area (Å²) in [5.41, 5.74) is 3.06. The highest BCUT2D eigenvalue weighted by Gasteiger charge is 2.17. The van der Waals surface area contributed by atoms with E-state index in [0.717, 1.165) is 36.6 Å². The molecule has 2 aromatic carbocycles. The molecule has 0 fully saturated rings. The van der Waals surface area contributed by atoms with Crippen molar-refractivity contribution >= 4 is 0 Å². The molecule has 0 saturated heterocycles. The Bertz CT molecular complexity index is 949. The lowest BCUT2D eigenvalue weighted by molar-refractivity contribution is 0.174. The van der Waals surface area contributed by atoms with Gasteiger partial charge in [0.25, 0.3) is 0 Å². The van der Waals surface area contributed by atoms with Gasteiger partial charge in [-0.15, -0.1) is 0 Å². The molecule has 0 N–H and O–H groups in total. The first-order chi connectivity index (χ1) is 14.2. The third-order valence-electron chi connectivity index (χ3n) is 5.07. The quantitative estimate of drug-likeness (QED) is 0.550. The van der Waals surface area contributed by atoms with Crippen molar-refractivity contribution in [2.45, 2.75) is 26.4 Å². The van der Waals surface area contributed by atoms with Gasteiger partial charge in [-0.25, -0.2) is 4.39 Å². The fourth-order valence-electron chi connectivity index (χ4n) is 3.78. The van der Waals surface area contributed by atoms with Crippen LogP contribution in [0.2, 0.25) is 0 Å². The summed E-state index contributed by atoms with van der Waals surface area (Å²) in [7, 11) is 0. The first-order valence-electron chi connectivity index (χ1n) is 9.90. The Morgan fingerprint density at radius 1 is 1.00 bits per heavy atom. The standard InChI is InChI=1S/C24H25FN2O2/c1-18(11-19-8-9-23-24(12-19)29-17-28-23)14-27(15-20-5-4-10-26-13-20)16-21-6-2-3-7-22(21)25/h2-10,12-13,18H,11,14-17H2,1H3/t18-/m1/s1.